The lowest BCUT2D eigenvalue weighted by Gasteiger charge is -2.12. The van der Waals surface area contributed by atoms with Crippen LogP contribution in [0.2, 0.25) is 0 Å². The summed E-state index contributed by atoms with van der Waals surface area (Å²) in [5, 5.41) is 10.8. The summed E-state index contributed by atoms with van der Waals surface area (Å²) in [7, 11) is 0. The average Bonchev–Trinajstić information content (AvgIpc) is 2.98. The highest BCUT2D eigenvalue weighted by Gasteiger charge is 2.28. The fourth-order valence-electron chi connectivity index (χ4n) is 2.63. The van der Waals surface area contributed by atoms with Gasteiger partial charge in [-0.2, -0.15) is 18.3 Å². The highest BCUT2D eigenvalue weighted by atomic mass is 127. The van der Waals surface area contributed by atoms with Crippen molar-refractivity contribution in [3.05, 3.63) is 41.3 Å². The maximum Gasteiger partial charge on any atom is 0.422 e. The van der Waals surface area contributed by atoms with E-state index in [-0.39, 0.29) is 36.4 Å². The number of pyridine rings is 1. The Hall–Kier alpha value is -2.05. The molecule has 0 aliphatic carbocycles. The molecule has 2 aromatic rings. The van der Waals surface area contributed by atoms with Gasteiger partial charge in [0.25, 0.3) is 0 Å². The van der Waals surface area contributed by atoms with Gasteiger partial charge in [0.05, 0.1) is 12.2 Å². The number of aryl methyl sites for hydroxylation is 3. The summed E-state index contributed by atoms with van der Waals surface area (Å²) >= 11 is 0. The molecule has 11 heteroatoms. The molecular formula is C19H28F3IN6O. The zero-order valence-electron chi connectivity index (χ0n) is 17.3. The SMILES string of the molecule is CCNC(=NCc1ccnc(OCC(F)(F)F)c1)NCCCn1nc(C)cc1C.I. The van der Waals surface area contributed by atoms with E-state index in [1.807, 2.05) is 31.5 Å². The number of hydrogen-bond donors (Lipinski definition) is 2. The molecule has 0 unspecified atom stereocenters. The minimum Gasteiger partial charge on any atom is -0.468 e. The molecule has 0 amide bonds. The van der Waals surface area contributed by atoms with Gasteiger partial charge < -0.3 is 15.4 Å². The number of hydrogen-bond acceptors (Lipinski definition) is 4. The van der Waals surface area contributed by atoms with Crippen LogP contribution in [0.4, 0.5) is 13.2 Å². The predicted octanol–water partition coefficient (Wildman–Crippen LogP) is 3.60. The van der Waals surface area contributed by atoms with E-state index in [0.717, 1.165) is 24.4 Å². The molecule has 0 atom stereocenters. The molecule has 0 saturated carbocycles. The van der Waals surface area contributed by atoms with Crippen molar-refractivity contribution in [3.8, 4) is 5.88 Å². The van der Waals surface area contributed by atoms with Crippen LogP contribution in [0.1, 0.15) is 30.3 Å². The molecule has 0 aliphatic rings. The molecular weight excluding hydrogens is 512 g/mol. The van der Waals surface area contributed by atoms with Crippen LogP contribution < -0.4 is 15.4 Å². The Balaban J connectivity index is 0.00000450. The monoisotopic (exact) mass is 540 g/mol. The van der Waals surface area contributed by atoms with Crippen molar-refractivity contribution in [1.82, 2.24) is 25.4 Å². The first-order chi connectivity index (χ1) is 13.8. The number of ether oxygens (including phenoxy) is 1. The van der Waals surface area contributed by atoms with Crippen LogP contribution in [-0.2, 0) is 13.1 Å². The molecule has 2 aromatic heterocycles. The summed E-state index contributed by atoms with van der Waals surface area (Å²) in [6.45, 7) is 7.08. The van der Waals surface area contributed by atoms with Crippen molar-refractivity contribution < 1.29 is 17.9 Å². The van der Waals surface area contributed by atoms with Crippen LogP contribution >= 0.6 is 24.0 Å². The zero-order chi connectivity index (χ0) is 21.3. The Morgan fingerprint density at radius 1 is 1.23 bits per heavy atom. The van der Waals surface area contributed by atoms with Gasteiger partial charge >= 0.3 is 6.18 Å². The summed E-state index contributed by atoms with van der Waals surface area (Å²) in [6, 6.07) is 5.19. The number of nitrogens with one attached hydrogen (secondary N) is 2. The smallest absolute Gasteiger partial charge is 0.422 e. The molecule has 2 N–H and O–H groups in total. The molecule has 0 bridgehead atoms. The van der Waals surface area contributed by atoms with E-state index in [4.69, 9.17) is 0 Å². The van der Waals surface area contributed by atoms with E-state index in [2.05, 4.69) is 30.4 Å². The van der Waals surface area contributed by atoms with Crippen LogP contribution in [0.15, 0.2) is 29.4 Å². The van der Waals surface area contributed by atoms with Crippen LogP contribution in [0.25, 0.3) is 0 Å². The zero-order valence-corrected chi connectivity index (χ0v) is 19.6. The largest absolute Gasteiger partial charge is 0.468 e. The average molecular weight is 540 g/mol. The standard InChI is InChI=1S/C19H27F3N6O.HI/c1-4-23-18(25-7-5-9-28-15(3)10-14(2)27-28)26-12-16-6-8-24-17(11-16)29-13-19(20,21)22;/h6,8,10-11H,4-5,7,9,12-13H2,1-3H3,(H2,23,25,26);1H. The molecule has 30 heavy (non-hydrogen) atoms. The van der Waals surface area contributed by atoms with E-state index in [0.29, 0.717) is 24.6 Å². The van der Waals surface area contributed by atoms with Gasteiger partial charge in [-0.25, -0.2) is 9.98 Å². The number of halogens is 4. The Labute approximate surface area is 191 Å². The van der Waals surface area contributed by atoms with E-state index in [1.54, 1.807) is 6.07 Å². The second-order valence-electron chi connectivity index (χ2n) is 6.53. The van der Waals surface area contributed by atoms with Crippen LogP contribution in [0, 0.1) is 13.8 Å². The summed E-state index contributed by atoms with van der Waals surface area (Å²) in [5.74, 6) is 0.563. The number of aliphatic imine (C=N–C) groups is 1. The highest BCUT2D eigenvalue weighted by Crippen LogP contribution is 2.17. The van der Waals surface area contributed by atoms with Gasteiger partial charge in [-0.15, -0.1) is 24.0 Å². The molecule has 7 nitrogen and oxygen atoms in total. The normalized spacial score (nSPS) is 11.7. The third-order valence-corrected chi connectivity index (χ3v) is 3.89. The Bertz CT molecular complexity index is 810. The lowest BCUT2D eigenvalue weighted by atomic mass is 10.3. The van der Waals surface area contributed by atoms with E-state index in [1.165, 1.54) is 12.3 Å². The predicted molar refractivity (Wildman–Crippen MR) is 120 cm³/mol. The second kappa shape index (κ2) is 12.6. The van der Waals surface area contributed by atoms with Crippen molar-refractivity contribution >= 4 is 29.9 Å². The summed E-state index contributed by atoms with van der Waals surface area (Å²) < 4.78 is 43.4. The van der Waals surface area contributed by atoms with Crippen molar-refractivity contribution in [2.24, 2.45) is 4.99 Å². The molecule has 0 radical (unpaired) electrons. The van der Waals surface area contributed by atoms with E-state index < -0.39 is 12.8 Å². The lowest BCUT2D eigenvalue weighted by molar-refractivity contribution is -0.154. The van der Waals surface area contributed by atoms with Crippen LogP contribution in [0.5, 0.6) is 5.88 Å². The molecule has 0 fully saturated rings. The van der Waals surface area contributed by atoms with Gasteiger partial charge in [0.2, 0.25) is 5.88 Å². The molecule has 0 aromatic carbocycles. The van der Waals surface area contributed by atoms with Crippen molar-refractivity contribution in [1.29, 1.82) is 0 Å². The third kappa shape index (κ3) is 9.63. The minimum absolute atomic E-state index is 0. The molecule has 0 saturated heterocycles. The van der Waals surface area contributed by atoms with Gasteiger partial charge in [0.15, 0.2) is 12.6 Å². The van der Waals surface area contributed by atoms with Gasteiger partial charge in [-0.1, -0.05) is 0 Å². The number of guanidine groups is 1. The number of aromatic nitrogens is 3. The highest BCUT2D eigenvalue weighted by molar-refractivity contribution is 14.0. The number of alkyl halides is 3. The van der Waals surface area contributed by atoms with Crippen molar-refractivity contribution in [3.63, 3.8) is 0 Å². The maximum absolute atomic E-state index is 12.3. The molecule has 0 aliphatic heterocycles. The van der Waals surface area contributed by atoms with Crippen LogP contribution in [0.3, 0.4) is 0 Å². The van der Waals surface area contributed by atoms with Crippen molar-refractivity contribution in [2.45, 2.75) is 46.5 Å². The quantitative estimate of drug-likeness (QED) is 0.220. The van der Waals surface area contributed by atoms with E-state index >= 15 is 0 Å². The first kappa shape index (κ1) is 26.0. The molecule has 0 spiro atoms. The minimum atomic E-state index is -4.40. The van der Waals surface area contributed by atoms with Gasteiger partial charge in [0, 0.05) is 37.6 Å². The molecule has 168 valence electrons. The number of nitrogens with zero attached hydrogens (tertiary/aromatic N) is 4. The third-order valence-electron chi connectivity index (χ3n) is 3.89. The lowest BCUT2D eigenvalue weighted by Crippen LogP contribution is -2.38. The first-order valence-corrected chi connectivity index (χ1v) is 9.44. The topological polar surface area (TPSA) is 76.4 Å². The van der Waals surface area contributed by atoms with Gasteiger partial charge in [-0.3, -0.25) is 4.68 Å². The first-order valence-electron chi connectivity index (χ1n) is 9.44. The Kier molecular flexibility index (Phi) is 10.9. The van der Waals surface area contributed by atoms with Gasteiger partial charge in [-0.05, 0) is 44.9 Å². The Morgan fingerprint density at radius 2 is 2.00 bits per heavy atom. The van der Waals surface area contributed by atoms with Crippen molar-refractivity contribution in [2.75, 3.05) is 19.7 Å². The second-order valence-corrected chi connectivity index (χ2v) is 6.53. The molecule has 2 rings (SSSR count). The fraction of sp³-hybridized carbons (Fsp3) is 0.526. The summed E-state index contributed by atoms with van der Waals surface area (Å²) in [4.78, 5) is 8.26. The molecule has 2 heterocycles. The van der Waals surface area contributed by atoms with Gasteiger partial charge in [0.1, 0.15) is 0 Å². The van der Waals surface area contributed by atoms with Crippen LogP contribution in [-0.4, -0.2) is 46.6 Å². The summed E-state index contributed by atoms with van der Waals surface area (Å²) in [5.41, 5.74) is 2.84. The fourth-order valence-corrected chi connectivity index (χ4v) is 2.63. The maximum atomic E-state index is 12.3. The Morgan fingerprint density at radius 3 is 2.63 bits per heavy atom. The van der Waals surface area contributed by atoms with E-state index in [9.17, 15) is 13.2 Å². The number of rotatable bonds is 9. The summed E-state index contributed by atoms with van der Waals surface area (Å²) in [6.07, 6.45) is -2.12.